The molecule has 2 aliphatic carbocycles. The highest BCUT2D eigenvalue weighted by atomic mass is 35.5. The molecule has 5 rings (SSSR count). The molecule has 0 saturated heterocycles. The van der Waals surface area contributed by atoms with Crippen molar-refractivity contribution in [3.63, 3.8) is 0 Å². The smallest absolute Gasteiger partial charge is 0.287 e. The minimum absolute atomic E-state index is 0.137. The number of aromatic nitrogens is 1. The van der Waals surface area contributed by atoms with Crippen LogP contribution in [0.5, 0.6) is 0 Å². The van der Waals surface area contributed by atoms with Gasteiger partial charge >= 0.3 is 0 Å². The molecule has 2 aromatic heterocycles. The molecule has 1 amide bonds. The number of halogens is 1. The summed E-state index contributed by atoms with van der Waals surface area (Å²) in [6, 6.07) is 8.85. The lowest BCUT2D eigenvalue weighted by atomic mass is 9.50. The molecular weight excluding hydrogens is 436 g/mol. The summed E-state index contributed by atoms with van der Waals surface area (Å²) in [5.41, 5.74) is 1.83. The molecular formula is C23H25ClN2O4S. The number of rotatable bonds is 4. The number of oxazole rings is 1. The van der Waals surface area contributed by atoms with Crippen molar-refractivity contribution >= 4 is 39.4 Å². The first-order chi connectivity index (χ1) is 14.6. The summed E-state index contributed by atoms with van der Waals surface area (Å²) < 4.78 is 23.4. The van der Waals surface area contributed by atoms with Crippen LogP contribution < -0.4 is 5.32 Å². The quantitative estimate of drug-likeness (QED) is 0.560. The Balaban J connectivity index is 1.14. The van der Waals surface area contributed by atoms with E-state index in [1.807, 2.05) is 39.0 Å². The average Bonchev–Trinajstić information content (AvgIpc) is 3.27. The molecule has 31 heavy (non-hydrogen) atoms. The summed E-state index contributed by atoms with van der Waals surface area (Å²) in [6.45, 7) is 5.63. The fraction of sp³-hybridized carbons (Fsp3) is 0.478. The van der Waals surface area contributed by atoms with Crippen LogP contribution in [0.2, 0.25) is 5.02 Å². The molecule has 0 radical (unpaired) electrons. The van der Waals surface area contributed by atoms with Crippen molar-refractivity contribution in [1.82, 2.24) is 10.3 Å². The second-order valence-electron chi connectivity index (χ2n) is 9.85. The number of carbonyl (C=O) groups is 1. The number of amides is 1. The van der Waals surface area contributed by atoms with Gasteiger partial charge in [-0.25, -0.2) is 4.98 Å². The van der Waals surface area contributed by atoms with Gasteiger partial charge in [-0.3, -0.25) is 9.00 Å². The molecule has 1 atom stereocenters. The van der Waals surface area contributed by atoms with Crippen molar-refractivity contribution in [3.05, 3.63) is 47.0 Å². The maximum atomic E-state index is 12.5. The summed E-state index contributed by atoms with van der Waals surface area (Å²) in [4.78, 5) is 17.1. The Labute approximate surface area is 188 Å². The molecule has 6 nitrogen and oxygen atoms in total. The summed E-state index contributed by atoms with van der Waals surface area (Å²) in [5, 5.41) is 4.04. The van der Waals surface area contributed by atoms with Crippen LogP contribution in [0.15, 0.2) is 44.3 Å². The minimum atomic E-state index is -1.30. The highest BCUT2D eigenvalue weighted by Crippen LogP contribution is 2.61. The monoisotopic (exact) mass is 460 g/mol. The van der Waals surface area contributed by atoms with Crippen LogP contribution in [0.4, 0.5) is 0 Å². The SMILES string of the molecule is CC(C)(C)S(=O)c1ccc(C(=O)NC2CC3(C2)CC(c2nc4cc(Cl)ccc4o2)C3)o1. The van der Waals surface area contributed by atoms with E-state index in [-0.39, 0.29) is 23.1 Å². The Morgan fingerprint density at radius 2 is 1.90 bits per heavy atom. The zero-order valence-corrected chi connectivity index (χ0v) is 19.3. The highest BCUT2D eigenvalue weighted by Gasteiger charge is 2.54. The van der Waals surface area contributed by atoms with E-state index in [1.54, 1.807) is 12.1 Å². The van der Waals surface area contributed by atoms with Crippen LogP contribution in [0.25, 0.3) is 11.1 Å². The van der Waals surface area contributed by atoms with E-state index < -0.39 is 15.5 Å². The van der Waals surface area contributed by atoms with E-state index in [4.69, 9.17) is 20.4 Å². The molecule has 1 aromatic carbocycles. The Morgan fingerprint density at radius 1 is 1.16 bits per heavy atom. The lowest BCUT2D eigenvalue weighted by Crippen LogP contribution is -2.55. The highest BCUT2D eigenvalue weighted by molar-refractivity contribution is 7.86. The van der Waals surface area contributed by atoms with Gasteiger partial charge in [-0.1, -0.05) is 11.6 Å². The van der Waals surface area contributed by atoms with Crippen LogP contribution in [0.1, 0.15) is 68.8 Å². The summed E-state index contributed by atoms with van der Waals surface area (Å²) in [5.74, 6) is 1.07. The molecule has 3 aromatic rings. The normalized spacial score (nSPS) is 26.5. The van der Waals surface area contributed by atoms with E-state index >= 15 is 0 Å². The van der Waals surface area contributed by atoms with E-state index in [9.17, 15) is 9.00 Å². The van der Waals surface area contributed by atoms with Gasteiger partial charge in [0.15, 0.2) is 22.3 Å². The van der Waals surface area contributed by atoms with Gasteiger partial charge < -0.3 is 14.2 Å². The number of benzene rings is 1. The molecule has 0 bridgehead atoms. The first-order valence-corrected chi connectivity index (χ1v) is 12.0. The summed E-state index contributed by atoms with van der Waals surface area (Å²) in [7, 11) is -1.30. The topological polar surface area (TPSA) is 85.3 Å². The Hall–Kier alpha value is -2.12. The van der Waals surface area contributed by atoms with Gasteiger partial charge in [0.05, 0.1) is 10.8 Å². The zero-order chi connectivity index (χ0) is 22.0. The standard InChI is InChI=1S/C23H25ClN2O4S/c1-22(2,3)31(28)19-7-6-18(29-19)20(27)25-15-11-23(12-15)9-13(10-23)21-26-16-8-14(24)4-5-17(16)30-21/h4-8,13,15H,9-12H2,1-3H3,(H,25,27). The molecule has 2 aliphatic rings. The molecule has 2 heterocycles. The largest absolute Gasteiger partial charge is 0.442 e. The van der Waals surface area contributed by atoms with Gasteiger partial charge in [0, 0.05) is 21.7 Å². The van der Waals surface area contributed by atoms with Gasteiger partial charge in [-0.05, 0) is 82.2 Å². The van der Waals surface area contributed by atoms with E-state index in [0.717, 1.165) is 42.7 Å². The van der Waals surface area contributed by atoms with Crippen LogP contribution in [0, 0.1) is 5.41 Å². The molecule has 1 N–H and O–H groups in total. The number of hydrogen-bond donors (Lipinski definition) is 1. The number of fused-ring (bicyclic) bond motifs is 1. The maximum absolute atomic E-state index is 12.5. The van der Waals surface area contributed by atoms with Gasteiger partial charge in [-0.15, -0.1) is 0 Å². The lowest BCUT2D eigenvalue weighted by Gasteiger charge is -2.57. The van der Waals surface area contributed by atoms with Crippen molar-refractivity contribution in [2.75, 3.05) is 0 Å². The van der Waals surface area contributed by atoms with E-state index in [2.05, 4.69) is 10.3 Å². The van der Waals surface area contributed by atoms with E-state index in [0.29, 0.717) is 16.0 Å². The minimum Gasteiger partial charge on any atom is -0.442 e. The second kappa shape index (κ2) is 7.20. The van der Waals surface area contributed by atoms with Crippen molar-refractivity contribution < 1.29 is 17.8 Å². The Bertz CT molecular complexity index is 1180. The predicted octanol–water partition coefficient (Wildman–Crippen LogP) is 5.44. The lowest BCUT2D eigenvalue weighted by molar-refractivity contribution is -0.0256. The summed E-state index contributed by atoms with van der Waals surface area (Å²) in [6.07, 6.45) is 3.94. The number of nitrogens with zero attached hydrogens (tertiary/aromatic N) is 1. The number of carbonyl (C=O) groups excluding carboxylic acids is 1. The van der Waals surface area contributed by atoms with Gasteiger partial charge in [0.25, 0.3) is 5.91 Å². The van der Waals surface area contributed by atoms with Gasteiger partial charge in [-0.2, -0.15) is 0 Å². The fourth-order valence-electron chi connectivity index (χ4n) is 4.77. The fourth-order valence-corrected chi connectivity index (χ4v) is 5.90. The third-order valence-electron chi connectivity index (χ3n) is 6.31. The maximum Gasteiger partial charge on any atom is 0.287 e. The molecule has 164 valence electrons. The second-order valence-corrected chi connectivity index (χ2v) is 12.4. The van der Waals surface area contributed by atoms with Crippen molar-refractivity contribution in [1.29, 1.82) is 0 Å². The average molecular weight is 461 g/mol. The predicted molar refractivity (Wildman–Crippen MR) is 119 cm³/mol. The van der Waals surface area contributed by atoms with Gasteiger partial charge in [0.1, 0.15) is 5.52 Å². The Kier molecular flexibility index (Phi) is 4.83. The number of furan rings is 1. The van der Waals surface area contributed by atoms with Crippen LogP contribution >= 0.6 is 11.6 Å². The molecule has 2 fully saturated rings. The molecule has 1 spiro atoms. The van der Waals surface area contributed by atoms with Crippen LogP contribution in [-0.4, -0.2) is 25.9 Å². The molecule has 0 aliphatic heterocycles. The zero-order valence-electron chi connectivity index (χ0n) is 17.7. The van der Waals surface area contributed by atoms with E-state index in [1.165, 1.54) is 0 Å². The van der Waals surface area contributed by atoms with Crippen molar-refractivity contribution in [2.45, 2.75) is 68.3 Å². The molecule has 1 unspecified atom stereocenters. The third kappa shape index (κ3) is 3.82. The summed E-state index contributed by atoms with van der Waals surface area (Å²) >= 11 is 6.03. The number of nitrogens with one attached hydrogen (secondary N) is 1. The Morgan fingerprint density at radius 3 is 2.61 bits per heavy atom. The van der Waals surface area contributed by atoms with Crippen LogP contribution in [0.3, 0.4) is 0 Å². The van der Waals surface area contributed by atoms with Gasteiger partial charge in [0.2, 0.25) is 0 Å². The van der Waals surface area contributed by atoms with Crippen LogP contribution in [-0.2, 0) is 10.8 Å². The third-order valence-corrected chi connectivity index (χ3v) is 8.24. The molecule has 8 heteroatoms. The first kappa shape index (κ1) is 20.8. The molecule has 2 saturated carbocycles. The number of hydrogen-bond acceptors (Lipinski definition) is 5. The van der Waals surface area contributed by atoms with Crippen molar-refractivity contribution in [3.8, 4) is 0 Å². The first-order valence-electron chi connectivity index (χ1n) is 10.5. The van der Waals surface area contributed by atoms with Crippen molar-refractivity contribution in [2.24, 2.45) is 5.41 Å².